The van der Waals surface area contributed by atoms with Gasteiger partial charge < -0.3 is 10.1 Å². The van der Waals surface area contributed by atoms with Gasteiger partial charge in [-0.05, 0) is 37.6 Å². The summed E-state index contributed by atoms with van der Waals surface area (Å²) in [5.74, 6) is 1.04. The number of carbonyl (C=O) groups excluding carboxylic acids is 1. The maximum atomic E-state index is 11.9. The third-order valence-corrected chi connectivity index (χ3v) is 4.51. The third-order valence-electron chi connectivity index (χ3n) is 2.54. The summed E-state index contributed by atoms with van der Waals surface area (Å²) < 4.78 is 5.94. The van der Waals surface area contributed by atoms with E-state index in [1.165, 1.54) is 23.1 Å². The van der Waals surface area contributed by atoms with Gasteiger partial charge in [0.05, 0.1) is 12.9 Å². The van der Waals surface area contributed by atoms with Gasteiger partial charge >= 0.3 is 0 Å². The summed E-state index contributed by atoms with van der Waals surface area (Å²) in [6.07, 6.45) is 0. The molecule has 0 saturated carbocycles. The maximum absolute atomic E-state index is 11.9. The van der Waals surface area contributed by atoms with Crippen LogP contribution in [0.1, 0.15) is 10.6 Å². The summed E-state index contributed by atoms with van der Waals surface area (Å²) in [7, 11) is 1.62. The Labute approximate surface area is 125 Å². The van der Waals surface area contributed by atoms with E-state index in [4.69, 9.17) is 4.74 Å². The molecule has 0 unspecified atom stereocenters. The molecule has 0 aliphatic rings. The van der Waals surface area contributed by atoms with Gasteiger partial charge in [-0.15, -0.1) is 10.2 Å². The molecule has 2 aromatic rings. The lowest BCUT2D eigenvalue weighted by molar-refractivity contribution is -0.113. The molecule has 7 heteroatoms. The zero-order chi connectivity index (χ0) is 14.5. The summed E-state index contributed by atoms with van der Waals surface area (Å²) in [6.45, 7) is 3.82. The van der Waals surface area contributed by atoms with Crippen LogP contribution in [-0.2, 0) is 4.79 Å². The van der Waals surface area contributed by atoms with Crippen molar-refractivity contribution in [3.63, 3.8) is 0 Å². The van der Waals surface area contributed by atoms with Gasteiger partial charge in [-0.2, -0.15) is 0 Å². The molecule has 0 saturated heterocycles. The summed E-state index contributed by atoms with van der Waals surface area (Å²) >= 11 is 2.88. The second-order valence-electron chi connectivity index (χ2n) is 4.10. The van der Waals surface area contributed by atoms with Gasteiger partial charge in [-0.25, -0.2) is 0 Å². The fourth-order valence-corrected chi connectivity index (χ4v) is 3.17. The quantitative estimate of drug-likeness (QED) is 0.860. The highest BCUT2D eigenvalue weighted by Crippen LogP contribution is 2.23. The van der Waals surface area contributed by atoms with Crippen LogP contribution < -0.4 is 10.1 Å². The molecule has 106 valence electrons. The first kappa shape index (κ1) is 14.8. The van der Waals surface area contributed by atoms with Crippen molar-refractivity contribution in [3.8, 4) is 5.75 Å². The molecular formula is C13H15N3O2S2. The van der Waals surface area contributed by atoms with E-state index in [1.807, 2.05) is 32.0 Å². The second-order valence-corrected chi connectivity index (χ2v) is 6.51. The van der Waals surface area contributed by atoms with Crippen LogP contribution in [0.4, 0.5) is 5.69 Å². The van der Waals surface area contributed by atoms with Gasteiger partial charge in [0, 0.05) is 5.69 Å². The van der Waals surface area contributed by atoms with Crippen LogP contribution in [0.5, 0.6) is 5.75 Å². The van der Waals surface area contributed by atoms with Crippen molar-refractivity contribution >= 4 is 34.7 Å². The number of hydrogen-bond acceptors (Lipinski definition) is 6. The minimum Gasteiger partial charge on any atom is -0.497 e. The fourth-order valence-electron chi connectivity index (χ4n) is 1.55. The first-order chi connectivity index (χ1) is 9.58. The summed E-state index contributed by atoms with van der Waals surface area (Å²) in [6, 6.07) is 5.55. The SMILES string of the molecule is COc1ccc(NC(=O)CSc2nnc(C)s2)c(C)c1. The van der Waals surface area contributed by atoms with Crippen molar-refractivity contribution in [3.05, 3.63) is 28.8 Å². The minimum atomic E-state index is -0.0591. The summed E-state index contributed by atoms with van der Waals surface area (Å²) in [5.41, 5.74) is 1.76. The van der Waals surface area contributed by atoms with E-state index in [9.17, 15) is 4.79 Å². The Kier molecular flexibility index (Phi) is 4.97. The largest absolute Gasteiger partial charge is 0.497 e. The topological polar surface area (TPSA) is 64.1 Å². The molecular weight excluding hydrogens is 294 g/mol. The Morgan fingerprint density at radius 1 is 1.40 bits per heavy atom. The number of carbonyl (C=O) groups is 1. The number of nitrogens with one attached hydrogen (secondary N) is 1. The highest BCUT2D eigenvalue weighted by molar-refractivity contribution is 8.01. The third kappa shape index (κ3) is 3.94. The monoisotopic (exact) mass is 309 g/mol. The first-order valence-electron chi connectivity index (χ1n) is 5.96. The standard InChI is InChI=1S/C13H15N3O2S2/c1-8-6-10(18-3)4-5-11(8)14-12(17)7-19-13-16-15-9(2)20-13/h4-6H,7H2,1-3H3,(H,14,17). The number of aryl methyl sites for hydroxylation is 2. The van der Waals surface area contributed by atoms with Crippen molar-refractivity contribution in [2.75, 3.05) is 18.2 Å². The van der Waals surface area contributed by atoms with Crippen LogP contribution in [-0.4, -0.2) is 29.0 Å². The second kappa shape index (κ2) is 6.71. The molecule has 1 heterocycles. The zero-order valence-electron chi connectivity index (χ0n) is 11.5. The lowest BCUT2D eigenvalue weighted by Crippen LogP contribution is -2.14. The number of rotatable bonds is 5. The number of amides is 1. The predicted octanol–water partition coefficient (Wildman–Crippen LogP) is 2.89. The number of thioether (sulfide) groups is 1. The lowest BCUT2D eigenvalue weighted by Gasteiger charge is -2.09. The number of hydrogen-bond donors (Lipinski definition) is 1. The number of nitrogens with zero attached hydrogens (tertiary/aromatic N) is 2. The molecule has 1 N–H and O–H groups in total. The molecule has 1 aromatic carbocycles. The van der Waals surface area contributed by atoms with Gasteiger partial charge in [-0.3, -0.25) is 4.79 Å². The van der Waals surface area contributed by atoms with Gasteiger partial charge in [0.1, 0.15) is 10.8 Å². The Balaban J connectivity index is 1.91. The number of methoxy groups -OCH3 is 1. The molecule has 0 bridgehead atoms. The molecule has 5 nitrogen and oxygen atoms in total. The number of anilines is 1. The molecule has 0 radical (unpaired) electrons. The average molecular weight is 309 g/mol. The molecule has 1 aromatic heterocycles. The highest BCUT2D eigenvalue weighted by Gasteiger charge is 2.08. The fraction of sp³-hybridized carbons (Fsp3) is 0.308. The molecule has 2 rings (SSSR count). The van der Waals surface area contributed by atoms with E-state index in [2.05, 4.69) is 15.5 Å². The molecule has 1 amide bonds. The van der Waals surface area contributed by atoms with E-state index < -0.39 is 0 Å². The van der Waals surface area contributed by atoms with Crippen LogP contribution in [0.3, 0.4) is 0 Å². The van der Waals surface area contributed by atoms with Gasteiger partial charge in [0.25, 0.3) is 0 Å². The first-order valence-corrected chi connectivity index (χ1v) is 7.76. The Morgan fingerprint density at radius 2 is 2.20 bits per heavy atom. The van der Waals surface area contributed by atoms with E-state index in [1.54, 1.807) is 7.11 Å². The zero-order valence-corrected chi connectivity index (χ0v) is 13.1. The lowest BCUT2D eigenvalue weighted by atomic mass is 10.2. The van der Waals surface area contributed by atoms with Crippen LogP contribution in [0, 0.1) is 13.8 Å². The van der Waals surface area contributed by atoms with Crippen LogP contribution in [0.2, 0.25) is 0 Å². The molecule has 0 fully saturated rings. The number of benzene rings is 1. The Morgan fingerprint density at radius 3 is 2.80 bits per heavy atom. The smallest absolute Gasteiger partial charge is 0.234 e. The van der Waals surface area contributed by atoms with Crippen molar-refractivity contribution < 1.29 is 9.53 Å². The molecule has 0 spiro atoms. The van der Waals surface area contributed by atoms with Gasteiger partial charge in [0.15, 0.2) is 4.34 Å². The van der Waals surface area contributed by atoms with E-state index in [0.717, 1.165) is 26.3 Å². The van der Waals surface area contributed by atoms with E-state index in [0.29, 0.717) is 5.75 Å². The number of aromatic nitrogens is 2. The van der Waals surface area contributed by atoms with Crippen LogP contribution >= 0.6 is 23.1 Å². The van der Waals surface area contributed by atoms with E-state index >= 15 is 0 Å². The van der Waals surface area contributed by atoms with Crippen LogP contribution in [0.15, 0.2) is 22.5 Å². The Hall–Kier alpha value is -1.60. The molecule has 0 atom stereocenters. The molecule has 20 heavy (non-hydrogen) atoms. The summed E-state index contributed by atoms with van der Waals surface area (Å²) in [5, 5.41) is 11.7. The van der Waals surface area contributed by atoms with Crippen LogP contribution in [0.25, 0.3) is 0 Å². The van der Waals surface area contributed by atoms with Crippen molar-refractivity contribution in [2.45, 2.75) is 18.2 Å². The Bertz CT molecular complexity index is 613. The van der Waals surface area contributed by atoms with Crippen molar-refractivity contribution in [1.29, 1.82) is 0 Å². The molecule has 0 aliphatic carbocycles. The number of ether oxygens (including phenoxy) is 1. The van der Waals surface area contributed by atoms with Gasteiger partial charge in [0.2, 0.25) is 5.91 Å². The average Bonchev–Trinajstić information content (AvgIpc) is 2.84. The summed E-state index contributed by atoms with van der Waals surface area (Å²) in [4.78, 5) is 11.9. The normalized spacial score (nSPS) is 10.3. The molecule has 0 aliphatic heterocycles. The predicted molar refractivity (Wildman–Crippen MR) is 81.7 cm³/mol. The maximum Gasteiger partial charge on any atom is 0.234 e. The van der Waals surface area contributed by atoms with Gasteiger partial charge in [-0.1, -0.05) is 23.1 Å². The van der Waals surface area contributed by atoms with E-state index in [-0.39, 0.29) is 5.91 Å². The van der Waals surface area contributed by atoms with Crippen molar-refractivity contribution in [1.82, 2.24) is 10.2 Å². The van der Waals surface area contributed by atoms with Crippen molar-refractivity contribution in [2.24, 2.45) is 0 Å². The highest BCUT2D eigenvalue weighted by atomic mass is 32.2. The minimum absolute atomic E-state index is 0.0591.